The fraction of sp³-hybridized carbons (Fsp3) is 0.200. The van der Waals surface area contributed by atoms with Crippen LogP contribution < -0.4 is 4.74 Å². The number of ether oxygens (including phenoxy) is 1. The summed E-state index contributed by atoms with van der Waals surface area (Å²) in [5, 5.41) is 0. The number of para-hydroxylation sites is 1. The van der Waals surface area contributed by atoms with Gasteiger partial charge in [-0.1, -0.05) is 42.5 Å². The van der Waals surface area contributed by atoms with Crippen LogP contribution in [0.2, 0.25) is 0 Å². The second-order valence-electron chi connectivity index (χ2n) is 8.97. The second-order valence-corrected chi connectivity index (χ2v) is 8.97. The Balaban J connectivity index is 1.12. The Labute approximate surface area is 210 Å². The molecule has 0 bridgehead atoms. The van der Waals surface area contributed by atoms with Crippen molar-refractivity contribution in [3.05, 3.63) is 125 Å². The normalized spacial score (nSPS) is 14.0. The first-order chi connectivity index (χ1) is 17.6. The summed E-state index contributed by atoms with van der Waals surface area (Å²) in [5.41, 5.74) is 3.72. The lowest BCUT2D eigenvalue weighted by atomic mass is 10.1. The van der Waals surface area contributed by atoms with Gasteiger partial charge in [-0.2, -0.15) is 0 Å². The fourth-order valence-electron chi connectivity index (χ4n) is 4.30. The zero-order chi connectivity index (χ0) is 24.7. The van der Waals surface area contributed by atoms with E-state index in [1.165, 1.54) is 12.1 Å². The van der Waals surface area contributed by atoms with Crippen molar-refractivity contribution in [3.63, 3.8) is 0 Å². The summed E-state index contributed by atoms with van der Waals surface area (Å²) in [5.74, 6) is 1.39. The summed E-state index contributed by atoms with van der Waals surface area (Å²) in [7, 11) is 0. The highest BCUT2D eigenvalue weighted by Gasteiger charge is 2.22. The van der Waals surface area contributed by atoms with E-state index in [2.05, 4.69) is 9.88 Å². The number of hydrogen-bond acceptors (Lipinski definition) is 4. The smallest absolute Gasteiger partial charge is 0.255 e. The first kappa shape index (κ1) is 23.7. The van der Waals surface area contributed by atoms with E-state index in [0.717, 1.165) is 48.0 Å². The highest BCUT2D eigenvalue weighted by molar-refractivity contribution is 5.94. The molecule has 0 saturated carbocycles. The number of piperazine rings is 1. The Kier molecular flexibility index (Phi) is 7.33. The molecular formula is C30H28FN3O2. The third kappa shape index (κ3) is 6.15. The molecule has 1 aromatic heterocycles. The number of rotatable bonds is 7. The summed E-state index contributed by atoms with van der Waals surface area (Å²) in [4.78, 5) is 21.7. The lowest BCUT2D eigenvalue weighted by molar-refractivity contribution is 0.0628. The Morgan fingerprint density at radius 1 is 0.778 bits per heavy atom. The highest BCUT2D eigenvalue weighted by Crippen LogP contribution is 2.22. The molecule has 0 unspecified atom stereocenters. The lowest BCUT2D eigenvalue weighted by Gasteiger charge is -2.34. The lowest BCUT2D eigenvalue weighted by Crippen LogP contribution is -2.48. The minimum absolute atomic E-state index is 0.0119. The summed E-state index contributed by atoms with van der Waals surface area (Å²) in [6, 6.07) is 28.1. The van der Waals surface area contributed by atoms with E-state index in [1.54, 1.807) is 6.20 Å². The van der Waals surface area contributed by atoms with Gasteiger partial charge in [-0.15, -0.1) is 0 Å². The molecule has 2 heterocycles. The summed E-state index contributed by atoms with van der Waals surface area (Å²) in [6.45, 7) is 3.67. The standard InChI is InChI=1S/C30H28FN3O2/c31-26-11-6-24(7-12-26)22-33-16-18-34(19-17-33)30(35)25-10-13-27(32-21-25)20-23-8-14-29(15-9-23)36-28-4-2-1-3-5-28/h1-15,21H,16-20,22H2. The molecule has 0 spiro atoms. The molecule has 1 amide bonds. The number of carbonyl (C=O) groups is 1. The molecule has 1 saturated heterocycles. The van der Waals surface area contributed by atoms with Gasteiger partial charge in [-0.3, -0.25) is 14.7 Å². The third-order valence-corrected chi connectivity index (χ3v) is 6.34. The van der Waals surface area contributed by atoms with Gasteiger partial charge in [0.05, 0.1) is 5.56 Å². The monoisotopic (exact) mass is 481 g/mol. The number of nitrogens with zero attached hydrogens (tertiary/aromatic N) is 3. The van der Waals surface area contributed by atoms with Gasteiger partial charge in [0.25, 0.3) is 5.91 Å². The van der Waals surface area contributed by atoms with E-state index in [1.807, 2.05) is 83.8 Å². The van der Waals surface area contributed by atoms with Crippen LogP contribution in [0.25, 0.3) is 0 Å². The Bertz CT molecular complexity index is 1270. The van der Waals surface area contributed by atoms with Crippen molar-refractivity contribution in [2.24, 2.45) is 0 Å². The molecule has 36 heavy (non-hydrogen) atoms. The van der Waals surface area contributed by atoms with E-state index in [4.69, 9.17) is 4.74 Å². The van der Waals surface area contributed by atoms with Crippen LogP contribution in [-0.2, 0) is 13.0 Å². The average molecular weight is 482 g/mol. The molecule has 0 aliphatic carbocycles. The Morgan fingerprint density at radius 2 is 1.44 bits per heavy atom. The van der Waals surface area contributed by atoms with Gasteiger partial charge in [0.2, 0.25) is 0 Å². The van der Waals surface area contributed by atoms with Crippen LogP contribution in [0.5, 0.6) is 11.5 Å². The molecule has 6 heteroatoms. The fourth-order valence-corrected chi connectivity index (χ4v) is 4.30. The number of hydrogen-bond donors (Lipinski definition) is 0. The first-order valence-electron chi connectivity index (χ1n) is 12.2. The Hall–Kier alpha value is -4.03. The maximum absolute atomic E-state index is 13.1. The summed E-state index contributed by atoms with van der Waals surface area (Å²) >= 11 is 0. The van der Waals surface area contributed by atoms with Crippen LogP contribution in [0.3, 0.4) is 0 Å². The molecule has 182 valence electrons. The third-order valence-electron chi connectivity index (χ3n) is 6.34. The molecule has 1 fully saturated rings. The maximum atomic E-state index is 13.1. The second kappa shape index (κ2) is 11.1. The van der Waals surface area contributed by atoms with Crippen molar-refractivity contribution in [2.45, 2.75) is 13.0 Å². The van der Waals surface area contributed by atoms with Crippen LogP contribution in [0.15, 0.2) is 97.2 Å². The van der Waals surface area contributed by atoms with Gasteiger partial charge in [-0.05, 0) is 59.7 Å². The van der Waals surface area contributed by atoms with E-state index in [-0.39, 0.29) is 11.7 Å². The topological polar surface area (TPSA) is 45.7 Å². The zero-order valence-electron chi connectivity index (χ0n) is 20.0. The number of aromatic nitrogens is 1. The number of carbonyl (C=O) groups excluding carboxylic acids is 1. The molecular weight excluding hydrogens is 453 g/mol. The van der Waals surface area contributed by atoms with Crippen LogP contribution in [0.4, 0.5) is 4.39 Å². The van der Waals surface area contributed by atoms with E-state index >= 15 is 0 Å². The van der Waals surface area contributed by atoms with E-state index in [9.17, 15) is 9.18 Å². The van der Waals surface area contributed by atoms with Crippen LogP contribution in [0, 0.1) is 5.82 Å². The Morgan fingerprint density at radius 3 is 2.11 bits per heavy atom. The molecule has 5 rings (SSSR count). The first-order valence-corrected chi connectivity index (χ1v) is 12.2. The van der Waals surface area contributed by atoms with E-state index < -0.39 is 0 Å². The predicted molar refractivity (Wildman–Crippen MR) is 138 cm³/mol. The number of pyridine rings is 1. The molecule has 0 N–H and O–H groups in total. The minimum Gasteiger partial charge on any atom is -0.457 e. The van der Waals surface area contributed by atoms with Crippen molar-refractivity contribution in [1.29, 1.82) is 0 Å². The maximum Gasteiger partial charge on any atom is 0.255 e. The predicted octanol–water partition coefficient (Wildman–Crippen LogP) is 5.56. The largest absolute Gasteiger partial charge is 0.457 e. The quantitative estimate of drug-likeness (QED) is 0.347. The molecule has 0 radical (unpaired) electrons. The van der Waals surface area contributed by atoms with Gasteiger partial charge in [0, 0.05) is 51.0 Å². The molecule has 4 aromatic rings. The van der Waals surface area contributed by atoms with Crippen molar-refractivity contribution in [1.82, 2.24) is 14.8 Å². The van der Waals surface area contributed by atoms with Crippen LogP contribution in [0.1, 0.15) is 27.2 Å². The number of benzene rings is 3. The van der Waals surface area contributed by atoms with Crippen molar-refractivity contribution >= 4 is 5.91 Å². The van der Waals surface area contributed by atoms with Gasteiger partial charge in [0.15, 0.2) is 0 Å². The van der Waals surface area contributed by atoms with Crippen LogP contribution in [-0.4, -0.2) is 46.9 Å². The number of amides is 1. The van der Waals surface area contributed by atoms with Gasteiger partial charge in [-0.25, -0.2) is 4.39 Å². The van der Waals surface area contributed by atoms with Crippen molar-refractivity contribution in [3.8, 4) is 11.5 Å². The van der Waals surface area contributed by atoms with Crippen LogP contribution >= 0.6 is 0 Å². The molecule has 0 atom stereocenters. The highest BCUT2D eigenvalue weighted by atomic mass is 19.1. The summed E-state index contributed by atoms with van der Waals surface area (Å²) in [6.07, 6.45) is 2.36. The SMILES string of the molecule is O=C(c1ccc(Cc2ccc(Oc3ccccc3)cc2)nc1)N1CCN(Cc2ccc(F)cc2)CC1. The minimum atomic E-state index is -0.222. The molecule has 1 aliphatic heterocycles. The summed E-state index contributed by atoms with van der Waals surface area (Å²) < 4.78 is 19.0. The van der Waals surface area contributed by atoms with Gasteiger partial charge >= 0.3 is 0 Å². The van der Waals surface area contributed by atoms with Gasteiger partial charge in [0.1, 0.15) is 17.3 Å². The zero-order valence-corrected chi connectivity index (χ0v) is 20.0. The van der Waals surface area contributed by atoms with Crippen molar-refractivity contribution < 1.29 is 13.9 Å². The van der Waals surface area contributed by atoms with E-state index in [0.29, 0.717) is 25.1 Å². The van der Waals surface area contributed by atoms with Crippen molar-refractivity contribution in [2.75, 3.05) is 26.2 Å². The van der Waals surface area contributed by atoms with Gasteiger partial charge < -0.3 is 9.64 Å². The average Bonchev–Trinajstić information content (AvgIpc) is 2.92. The molecule has 3 aromatic carbocycles. The molecule has 5 nitrogen and oxygen atoms in total. The number of halogens is 1. The molecule has 1 aliphatic rings.